The van der Waals surface area contributed by atoms with Crippen LogP contribution < -0.4 is 5.73 Å². The third-order valence-electron chi connectivity index (χ3n) is 2.72. The molecule has 0 saturated carbocycles. The maximum absolute atomic E-state index is 5.87. The summed E-state index contributed by atoms with van der Waals surface area (Å²) in [6.07, 6.45) is 1.65. The Labute approximate surface area is 111 Å². The molecule has 104 valence electrons. The summed E-state index contributed by atoms with van der Waals surface area (Å²) in [7, 11) is 1.82. The second-order valence-corrected chi connectivity index (χ2v) is 4.31. The monoisotopic (exact) mass is 265 g/mol. The first kappa shape index (κ1) is 13.7. The van der Waals surface area contributed by atoms with Crippen molar-refractivity contribution in [2.45, 2.75) is 26.6 Å². The quantitative estimate of drug-likeness (QED) is 0.834. The molecule has 0 radical (unpaired) electrons. The van der Waals surface area contributed by atoms with Crippen molar-refractivity contribution in [3.8, 4) is 0 Å². The Morgan fingerprint density at radius 2 is 2.21 bits per heavy atom. The minimum absolute atomic E-state index is 0.00740. The van der Waals surface area contributed by atoms with Crippen molar-refractivity contribution in [3.05, 3.63) is 12.0 Å². The Morgan fingerprint density at radius 1 is 1.42 bits per heavy atom. The van der Waals surface area contributed by atoms with Gasteiger partial charge in [-0.1, -0.05) is 0 Å². The molecule has 0 aliphatic heterocycles. The van der Waals surface area contributed by atoms with Crippen LogP contribution in [0.2, 0.25) is 0 Å². The zero-order valence-electron chi connectivity index (χ0n) is 11.5. The van der Waals surface area contributed by atoms with E-state index in [2.05, 4.69) is 15.1 Å². The number of nitrogen functional groups attached to an aromatic ring is 1. The van der Waals surface area contributed by atoms with Crippen molar-refractivity contribution < 1.29 is 9.47 Å². The molecule has 2 rings (SSSR count). The molecule has 0 aliphatic carbocycles. The Morgan fingerprint density at radius 3 is 2.95 bits per heavy atom. The van der Waals surface area contributed by atoms with Gasteiger partial charge in [0.25, 0.3) is 0 Å². The number of ether oxygens (including phenoxy) is 2. The highest BCUT2D eigenvalue weighted by molar-refractivity contribution is 5.84. The first-order chi connectivity index (χ1) is 9.11. The van der Waals surface area contributed by atoms with Gasteiger partial charge in [-0.05, 0) is 13.8 Å². The van der Waals surface area contributed by atoms with Crippen molar-refractivity contribution in [2.24, 2.45) is 7.05 Å². The van der Waals surface area contributed by atoms with Gasteiger partial charge in [0.1, 0.15) is 12.4 Å². The van der Waals surface area contributed by atoms with Crippen LogP contribution in [0.4, 0.5) is 5.82 Å². The zero-order chi connectivity index (χ0) is 13.8. The number of rotatable bonds is 6. The van der Waals surface area contributed by atoms with Gasteiger partial charge in [-0.15, -0.1) is 0 Å². The molecule has 2 N–H and O–H groups in total. The van der Waals surface area contributed by atoms with E-state index in [-0.39, 0.29) is 6.10 Å². The molecule has 7 heteroatoms. The molecular weight excluding hydrogens is 246 g/mol. The fraction of sp³-hybridized carbons (Fsp3) is 0.583. The van der Waals surface area contributed by atoms with Gasteiger partial charge in [0.2, 0.25) is 0 Å². The predicted octanol–water partition coefficient (Wildman–Crippen LogP) is 0.887. The topological polar surface area (TPSA) is 88.1 Å². The van der Waals surface area contributed by atoms with Gasteiger partial charge in [0.05, 0.1) is 24.3 Å². The number of fused-ring (bicyclic) bond motifs is 1. The van der Waals surface area contributed by atoms with Gasteiger partial charge in [-0.25, -0.2) is 9.97 Å². The van der Waals surface area contributed by atoms with Crippen molar-refractivity contribution in [2.75, 3.05) is 18.9 Å². The van der Waals surface area contributed by atoms with Gasteiger partial charge >= 0.3 is 0 Å². The van der Waals surface area contributed by atoms with Crippen molar-refractivity contribution in [3.63, 3.8) is 0 Å². The third-order valence-corrected chi connectivity index (χ3v) is 2.72. The van der Waals surface area contributed by atoms with Crippen LogP contribution in [0.3, 0.4) is 0 Å². The minimum Gasteiger partial charge on any atom is -0.383 e. The van der Waals surface area contributed by atoms with E-state index in [9.17, 15) is 0 Å². The summed E-state index contributed by atoms with van der Waals surface area (Å²) < 4.78 is 12.6. The van der Waals surface area contributed by atoms with E-state index in [1.165, 1.54) is 0 Å². The van der Waals surface area contributed by atoms with Crippen molar-refractivity contribution in [1.29, 1.82) is 0 Å². The lowest BCUT2D eigenvalue weighted by atomic mass is 10.4. The van der Waals surface area contributed by atoms with Crippen LogP contribution in [0.15, 0.2) is 6.20 Å². The Balaban J connectivity index is 2.06. The normalized spacial score (nSPS) is 13.0. The maximum Gasteiger partial charge on any atom is 0.163 e. The van der Waals surface area contributed by atoms with Gasteiger partial charge in [-0.3, -0.25) is 4.68 Å². The van der Waals surface area contributed by atoms with Crippen LogP contribution in [-0.4, -0.2) is 39.1 Å². The fourth-order valence-electron chi connectivity index (χ4n) is 1.70. The molecule has 19 heavy (non-hydrogen) atoms. The first-order valence-corrected chi connectivity index (χ1v) is 6.25. The fourth-order valence-corrected chi connectivity index (χ4v) is 1.70. The molecule has 0 amide bonds. The van der Waals surface area contributed by atoms with E-state index in [1.807, 2.05) is 20.9 Å². The SMILES string of the molecule is CCOCC(C)OCc1nc(N)c2cnn(C)c2n1. The molecule has 1 atom stereocenters. The van der Waals surface area contributed by atoms with Crippen LogP contribution in [0.1, 0.15) is 19.7 Å². The summed E-state index contributed by atoms with van der Waals surface area (Å²) in [6, 6.07) is 0. The summed E-state index contributed by atoms with van der Waals surface area (Å²) in [5, 5.41) is 4.86. The van der Waals surface area contributed by atoms with E-state index in [4.69, 9.17) is 15.2 Å². The lowest BCUT2D eigenvalue weighted by molar-refractivity contribution is -0.0138. The zero-order valence-corrected chi connectivity index (χ0v) is 11.5. The van der Waals surface area contributed by atoms with Gasteiger partial charge < -0.3 is 15.2 Å². The summed E-state index contributed by atoms with van der Waals surface area (Å²) in [4.78, 5) is 8.61. The molecule has 0 aromatic carbocycles. The first-order valence-electron chi connectivity index (χ1n) is 6.25. The van der Waals surface area contributed by atoms with Crippen LogP contribution in [0.25, 0.3) is 11.0 Å². The van der Waals surface area contributed by atoms with E-state index < -0.39 is 0 Å². The molecule has 0 saturated heterocycles. The van der Waals surface area contributed by atoms with Gasteiger partial charge in [-0.2, -0.15) is 5.10 Å². The summed E-state index contributed by atoms with van der Waals surface area (Å²) in [5.41, 5.74) is 6.58. The van der Waals surface area contributed by atoms with Crippen LogP contribution >= 0.6 is 0 Å². The molecule has 0 aliphatic rings. The number of anilines is 1. The minimum atomic E-state index is -0.00740. The molecule has 0 bridgehead atoms. The van der Waals surface area contributed by atoms with E-state index in [1.54, 1.807) is 10.9 Å². The highest BCUT2D eigenvalue weighted by atomic mass is 16.5. The summed E-state index contributed by atoms with van der Waals surface area (Å²) in [5.74, 6) is 0.978. The second kappa shape index (κ2) is 5.94. The Hall–Kier alpha value is -1.73. The molecule has 1 unspecified atom stereocenters. The van der Waals surface area contributed by atoms with Crippen LogP contribution in [0, 0.1) is 0 Å². The molecule has 7 nitrogen and oxygen atoms in total. The Kier molecular flexibility index (Phi) is 4.28. The lowest BCUT2D eigenvalue weighted by Gasteiger charge is -2.12. The van der Waals surface area contributed by atoms with Crippen molar-refractivity contribution >= 4 is 16.9 Å². The van der Waals surface area contributed by atoms with E-state index in [0.29, 0.717) is 37.1 Å². The summed E-state index contributed by atoms with van der Waals surface area (Å²) in [6.45, 7) is 5.44. The van der Waals surface area contributed by atoms with Gasteiger partial charge in [0, 0.05) is 13.7 Å². The molecular formula is C12H19N5O2. The van der Waals surface area contributed by atoms with Crippen molar-refractivity contribution in [1.82, 2.24) is 19.7 Å². The number of nitrogens with two attached hydrogens (primary N) is 1. The largest absolute Gasteiger partial charge is 0.383 e. The third kappa shape index (κ3) is 3.18. The number of nitrogens with zero attached hydrogens (tertiary/aromatic N) is 4. The van der Waals surface area contributed by atoms with E-state index >= 15 is 0 Å². The molecule has 2 aromatic heterocycles. The highest BCUT2D eigenvalue weighted by Crippen LogP contribution is 2.16. The number of aryl methyl sites for hydroxylation is 1. The van der Waals surface area contributed by atoms with Crippen LogP contribution in [0.5, 0.6) is 0 Å². The van der Waals surface area contributed by atoms with E-state index in [0.717, 1.165) is 5.39 Å². The highest BCUT2D eigenvalue weighted by Gasteiger charge is 2.10. The molecule has 2 aromatic rings. The maximum atomic E-state index is 5.87. The standard InChI is InChI=1S/C12H19N5O2/c1-4-18-6-8(2)19-7-10-15-11(13)9-5-14-17(3)12(9)16-10/h5,8H,4,6-7H2,1-3H3,(H2,13,15,16). The van der Waals surface area contributed by atoms with Crippen LogP contribution in [-0.2, 0) is 23.1 Å². The lowest BCUT2D eigenvalue weighted by Crippen LogP contribution is -2.17. The number of hydrogen-bond acceptors (Lipinski definition) is 6. The molecule has 2 heterocycles. The number of aromatic nitrogens is 4. The molecule has 0 fully saturated rings. The Bertz CT molecular complexity index is 554. The smallest absolute Gasteiger partial charge is 0.163 e. The average Bonchev–Trinajstić information content (AvgIpc) is 2.76. The average molecular weight is 265 g/mol. The summed E-state index contributed by atoms with van der Waals surface area (Å²) >= 11 is 0. The number of hydrogen-bond donors (Lipinski definition) is 1. The predicted molar refractivity (Wildman–Crippen MR) is 71.5 cm³/mol. The molecule has 0 spiro atoms. The van der Waals surface area contributed by atoms with Gasteiger partial charge in [0.15, 0.2) is 11.5 Å². The second-order valence-electron chi connectivity index (χ2n) is 4.31.